The monoisotopic (exact) mass is 314 g/mol. The van der Waals surface area contributed by atoms with E-state index in [1.807, 2.05) is 42.0 Å². The highest BCUT2D eigenvalue weighted by Crippen LogP contribution is 2.23. The third-order valence-electron chi connectivity index (χ3n) is 3.57. The van der Waals surface area contributed by atoms with Crippen molar-refractivity contribution in [3.63, 3.8) is 0 Å². The van der Waals surface area contributed by atoms with Gasteiger partial charge >= 0.3 is 0 Å². The Morgan fingerprint density at radius 1 is 1.32 bits per heavy atom. The van der Waals surface area contributed by atoms with Gasteiger partial charge in [-0.25, -0.2) is 9.97 Å². The number of rotatable bonds is 3. The van der Waals surface area contributed by atoms with Crippen LogP contribution in [0, 0.1) is 13.8 Å². The van der Waals surface area contributed by atoms with Crippen molar-refractivity contribution < 1.29 is 4.79 Å². The first-order valence-electron chi connectivity index (χ1n) is 7.18. The molecule has 5 nitrogen and oxygen atoms in total. The van der Waals surface area contributed by atoms with Gasteiger partial charge in [-0.2, -0.15) is 0 Å². The van der Waals surface area contributed by atoms with Gasteiger partial charge in [-0.1, -0.05) is 19.9 Å². The molecule has 0 unspecified atom stereocenters. The summed E-state index contributed by atoms with van der Waals surface area (Å²) in [6.45, 7) is 8.00. The number of carbonyl (C=O) groups is 1. The van der Waals surface area contributed by atoms with Gasteiger partial charge in [0.2, 0.25) is 0 Å². The van der Waals surface area contributed by atoms with Gasteiger partial charge in [-0.05, 0) is 31.4 Å². The number of hydrogen-bond acceptors (Lipinski definition) is 4. The lowest BCUT2D eigenvalue weighted by atomic mass is 10.2. The average Bonchev–Trinajstić information content (AvgIpc) is 3.03. The van der Waals surface area contributed by atoms with E-state index in [4.69, 9.17) is 0 Å². The molecule has 0 aliphatic rings. The maximum absolute atomic E-state index is 12.6. The Morgan fingerprint density at radius 2 is 2.09 bits per heavy atom. The zero-order valence-electron chi connectivity index (χ0n) is 13.0. The number of thiazole rings is 1. The number of pyridine rings is 1. The summed E-state index contributed by atoms with van der Waals surface area (Å²) in [7, 11) is 0. The SMILES string of the molecule is Cc1nc2c(C)cccn2c1C(=O)Nc1nc(C(C)C)cs1. The number of anilines is 1. The Hall–Kier alpha value is -2.21. The fourth-order valence-electron chi connectivity index (χ4n) is 2.36. The third kappa shape index (κ3) is 2.50. The number of amides is 1. The van der Waals surface area contributed by atoms with Crippen LogP contribution in [0.2, 0.25) is 0 Å². The van der Waals surface area contributed by atoms with Crippen molar-refractivity contribution in [2.24, 2.45) is 0 Å². The molecule has 0 bridgehead atoms. The first-order valence-corrected chi connectivity index (χ1v) is 8.06. The zero-order chi connectivity index (χ0) is 15.9. The summed E-state index contributed by atoms with van der Waals surface area (Å²) in [5, 5.41) is 5.48. The Kier molecular flexibility index (Phi) is 3.70. The fraction of sp³-hybridized carbons (Fsp3) is 0.312. The van der Waals surface area contributed by atoms with Crippen molar-refractivity contribution in [3.05, 3.63) is 46.4 Å². The number of aryl methyl sites for hydroxylation is 2. The molecule has 0 spiro atoms. The minimum Gasteiger partial charge on any atom is -0.296 e. The van der Waals surface area contributed by atoms with Crippen LogP contribution in [0.15, 0.2) is 23.7 Å². The summed E-state index contributed by atoms with van der Waals surface area (Å²) in [6.07, 6.45) is 1.86. The average molecular weight is 314 g/mol. The molecule has 0 saturated heterocycles. The molecule has 1 N–H and O–H groups in total. The molecule has 6 heteroatoms. The molecule has 0 aliphatic heterocycles. The van der Waals surface area contributed by atoms with Gasteiger partial charge in [0.25, 0.3) is 5.91 Å². The molecule has 3 rings (SSSR count). The van der Waals surface area contributed by atoms with E-state index in [0.29, 0.717) is 22.4 Å². The Balaban J connectivity index is 1.95. The number of hydrogen-bond donors (Lipinski definition) is 1. The molecule has 114 valence electrons. The second kappa shape index (κ2) is 5.53. The molecule has 0 atom stereocenters. The molecule has 0 radical (unpaired) electrons. The lowest BCUT2D eigenvalue weighted by molar-refractivity contribution is 0.102. The highest BCUT2D eigenvalue weighted by Gasteiger charge is 2.18. The number of imidazole rings is 1. The zero-order valence-corrected chi connectivity index (χ0v) is 13.9. The molecule has 0 aromatic carbocycles. The Labute approximate surface area is 133 Å². The molecular formula is C16H18N4OS. The third-order valence-corrected chi connectivity index (χ3v) is 4.34. The van der Waals surface area contributed by atoms with Crippen molar-refractivity contribution in [3.8, 4) is 0 Å². The topological polar surface area (TPSA) is 59.3 Å². The van der Waals surface area contributed by atoms with Crippen molar-refractivity contribution in [2.75, 3.05) is 5.32 Å². The van der Waals surface area contributed by atoms with Crippen LogP contribution in [0.5, 0.6) is 0 Å². The van der Waals surface area contributed by atoms with Crippen molar-refractivity contribution >= 4 is 28.0 Å². The second-order valence-electron chi connectivity index (χ2n) is 5.62. The summed E-state index contributed by atoms with van der Waals surface area (Å²) in [4.78, 5) is 21.5. The lowest BCUT2D eigenvalue weighted by Gasteiger charge is -2.04. The minimum absolute atomic E-state index is 0.180. The molecule has 0 aliphatic carbocycles. The largest absolute Gasteiger partial charge is 0.296 e. The van der Waals surface area contributed by atoms with Crippen LogP contribution in [0.25, 0.3) is 5.65 Å². The van der Waals surface area contributed by atoms with Crippen molar-refractivity contribution in [1.82, 2.24) is 14.4 Å². The van der Waals surface area contributed by atoms with Gasteiger partial charge in [0.1, 0.15) is 11.3 Å². The van der Waals surface area contributed by atoms with Gasteiger partial charge < -0.3 is 0 Å². The van der Waals surface area contributed by atoms with Crippen LogP contribution in [0.4, 0.5) is 5.13 Å². The van der Waals surface area contributed by atoms with E-state index in [-0.39, 0.29) is 5.91 Å². The van der Waals surface area contributed by atoms with Gasteiger partial charge in [0, 0.05) is 11.6 Å². The van der Waals surface area contributed by atoms with E-state index in [1.165, 1.54) is 11.3 Å². The van der Waals surface area contributed by atoms with Crippen molar-refractivity contribution in [2.45, 2.75) is 33.6 Å². The highest BCUT2D eigenvalue weighted by molar-refractivity contribution is 7.14. The fourth-order valence-corrected chi connectivity index (χ4v) is 3.22. The maximum Gasteiger partial charge on any atom is 0.276 e. The standard InChI is InChI=1S/C16H18N4OS/c1-9(2)12-8-22-16(18-12)19-15(21)13-11(4)17-14-10(3)6-5-7-20(13)14/h5-9H,1-4H3,(H,18,19,21). The summed E-state index contributed by atoms with van der Waals surface area (Å²) in [5.41, 5.74) is 4.12. The van der Waals surface area contributed by atoms with E-state index < -0.39 is 0 Å². The van der Waals surface area contributed by atoms with Crippen LogP contribution in [-0.4, -0.2) is 20.3 Å². The molecule has 22 heavy (non-hydrogen) atoms. The molecule has 3 aromatic rings. The van der Waals surface area contributed by atoms with Crippen LogP contribution in [0.1, 0.15) is 47.2 Å². The predicted octanol–water partition coefficient (Wildman–Crippen LogP) is 3.78. The molecule has 3 heterocycles. The molecular weight excluding hydrogens is 296 g/mol. The van der Waals surface area contributed by atoms with Gasteiger partial charge in [-0.15, -0.1) is 11.3 Å². The van der Waals surface area contributed by atoms with Gasteiger partial charge in [-0.3, -0.25) is 14.5 Å². The molecule has 0 fully saturated rings. The first-order chi connectivity index (χ1) is 10.5. The van der Waals surface area contributed by atoms with E-state index in [9.17, 15) is 4.79 Å². The van der Waals surface area contributed by atoms with Gasteiger partial charge in [0.05, 0.1) is 11.4 Å². The smallest absolute Gasteiger partial charge is 0.276 e. The van der Waals surface area contributed by atoms with Crippen LogP contribution < -0.4 is 5.32 Å². The normalized spacial score (nSPS) is 11.3. The van der Waals surface area contributed by atoms with Gasteiger partial charge in [0.15, 0.2) is 5.13 Å². The number of aromatic nitrogens is 3. The molecule has 0 saturated carbocycles. The number of nitrogens with one attached hydrogen (secondary N) is 1. The number of nitrogens with zero attached hydrogens (tertiary/aromatic N) is 3. The summed E-state index contributed by atoms with van der Waals surface area (Å²) in [5.74, 6) is 0.169. The predicted molar refractivity (Wildman–Crippen MR) is 88.8 cm³/mol. The first kappa shape index (κ1) is 14.7. The van der Waals surface area contributed by atoms with Crippen LogP contribution in [-0.2, 0) is 0 Å². The lowest BCUT2D eigenvalue weighted by Crippen LogP contribution is -2.15. The number of fused-ring (bicyclic) bond motifs is 1. The minimum atomic E-state index is -0.180. The van der Waals surface area contributed by atoms with Crippen LogP contribution >= 0.6 is 11.3 Å². The van der Waals surface area contributed by atoms with E-state index in [2.05, 4.69) is 29.1 Å². The summed E-state index contributed by atoms with van der Waals surface area (Å²) in [6, 6.07) is 3.90. The number of carbonyl (C=O) groups excluding carboxylic acids is 1. The highest BCUT2D eigenvalue weighted by atomic mass is 32.1. The van der Waals surface area contributed by atoms with E-state index in [0.717, 1.165) is 16.9 Å². The van der Waals surface area contributed by atoms with Crippen molar-refractivity contribution in [1.29, 1.82) is 0 Å². The quantitative estimate of drug-likeness (QED) is 0.800. The summed E-state index contributed by atoms with van der Waals surface area (Å²) >= 11 is 1.45. The Bertz CT molecular complexity index is 847. The van der Waals surface area contributed by atoms with Crippen LogP contribution in [0.3, 0.4) is 0 Å². The summed E-state index contributed by atoms with van der Waals surface area (Å²) < 4.78 is 1.83. The van der Waals surface area contributed by atoms with E-state index in [1.54, 1.807) is 0 Å². The molecule has 3 aromatic heterocycles. The van der Waals surface area contributed by atoms with E-state index >= 15 is 0 Å². The maximum atomic E-state index is 12.6. The molecule has 1 amide bonds. The second-order valence-corrected chi connectivity index (χ2v) is 6.48. The Morgan fingerprint density at radius 3 is 2.77 bits per heavy atom.